The third-order valence-corrected chi connectivity index (χ3v) is 0. The van der Waals surface area contributed by atoms with Crippen molar-refractivity contribution >= 4 is 15.6 Å². The van der Waals surface area contributed by atoms with Crippen molar-refractivity contribution in [3.63, 3.8) is 0 Å². The first-order chi connectivity index (χ1) is 4.00. The van der Waals surface area contributed by atoms with Crippen LogP contribution in [0.1, 0.15) is 0 Å². The van der Waals surface area contributed by atoms with Gasteiger partial charge in [-0.3, -0.25) is 0 Å². The molecular weight excluding hydrogens is 252 g/mol. The minimum absolute atomic E-state index is 0. The van der Waals surface area contributed by atoms with E-state index in [1.54, 1.807) is 0 Å². The molecule has 0 aliphatic rings. The minimum atomic E-state index is -5.39. The maximum absolute atomic E-state index is 8.88. The number of hydrogen-bond acceptors (Lipinski definition) is 5. The van der Waals surface area contributed by atoms with E-state index in [1.807, 2.05) is 0 Å². The monoisotopic (exact) mass is 255 g/mol. The smallest absolute Gasteiger partial charge is 0.822 e. The Labute approximate surface area is 90.1 Å². The van der Waals surface area contributed by atoms with E-state index in [4.69, 9.17) is 38.5 Å². The molecule has 69 valence electrons. The van der Waals surface area contributed by atoms with E-state index in [0.29, 0.717) is 0 Å². The fourth-order valence-electron chi connectivity index (χ4n) is 0. The van der Waals surface area contributed by atoms with E-state index in [-0.39, 0.29) is 35.9 Å². The van der Waals surface area contributed by atoms with Crippen LogP contribution in [0, 0.1) is 0 Å². The van der Waals surface area contributed by atoms with Crippen LogP contribution in [0.15, 0.2) is 0 Å². The summed E-state index contributed by atoms with van der Waals surface area (Å²) in [6, 6.07) is 0. The fourth-order valence-corrected chi connectivity index (χ4v) is 0. The van der Waals surface area contributed by atoms with E-state index >= 15 is 0 Å². The van der Waals surface area contributed by atoms with Gasteiger partial charge >= 0.3 is 43.8 Å². The van der Waals surface area contributed by atoms with Gasteiger partial charge in [-0.25, -0.2) is 4.57 Å². The van der Waals surface area contributed by atoms with E-state index < -0.39 is 15.6 Å². The van der Waals surface area contributed by atoms with Crippen molar-refractivity contribution in [3.8, 4) is 0 Å². The summed E-state index contributed by atoms with van der Waals surface area (Å²) in [4.78, 5) is 47.2. The van der Waals surface area contributed by atoms with Crippen molar-refractivity contribution < 1.29 is 74.4 Å². The molecule has 0 bridgehead atoms. The second-order valence-electron chi connectivity index (χ2n) is 0.960. The second-order valence-corrected chi connectivity index (χ2v) is 2.88. The molecule has 0 unspecified atom stereocenters. The van der Waals surface area contributed by atoms with Crippen LogP contribution in [0.3, 0.4) is 0 Å². The topological polar surface area (TPSA) is 164 Å². The Kier molecular flexibility index (Phi) is 17.3. The van der Waals surface area contributed by atoms with Gasteiger partial charge in [0, 0.05) is 0 Å². The molecule has 0 spiro atoms. The SMILES string of the molecule is O=P(O)(O)O.O=P([O-])([O-])[O-].[Li+].[Mn+2]. The standard InChI is InChI=1S/Li.Mn.2H3O4P/c;;2*1-5(2,3)4/h;;2*(H3,1,2,3,4)/q+1;+2;;/p-3. The molecular formula is H3LiMnO8P2. The first kappa shape index (κ1) is 23.3. The zero-order valence-corrected chi connectivity index (χ0v) is 8.62. The van der Waals surface area contributed by atoms with Gasteiger partial charge in [0.2, 0.25) is 0 Å². The first-order valence-corrected chi connectivity index (χ1v) is 4.54. The summed E-state index contributed by atoms with van der Waals surface area (Å²) in [6.45, 7) is 0. The molecule has 0 aliphatic heterocycles. The van der Waals surface area contributed by atoms with Crippen molar-refractivity contribution in [2.45, 2.75) is 0 Å². The number of phosphoric acid groups is 2. The molecule has 0 aromatic carbocycles. The molecule has 8 nitrogen and oxygen atoms in total. The zero-order valence-electron chi connectivity index (χ0n) is 5.66. The molecule has 1 radical (unpaired) electrons. The Balaban J connectivity index is -0.0000000457. The maximum atomic E-state index is 8.88. The van der Waals surface area contributed by atoms with Crippen LogP contribution in [0.4, 0.5) is 0 Å². The molecule has 3 N–H and O–H groups in total. The third-order valence-electron chi connectivity index (χ3n) is 0. The van der Waals surface area contributed by atoms with E-state index in [2.05, 4.69) is 0 Å². The van der Waals surface area contributed by atoms with E-state index in [9.17, 15) is 0 Å². The summed E-state index contributed by atoms with van der Waals surface area (Å²) >= 11 is 0. The number of rotatable bonds is 0. The van der Waals surface area contributed by atoms with Crippen molar-refractivity contribution in [2.24, 2.45) is 0 Å². The Morgan fingerprint density at radius 3 is 0.917 bits per heavy atom. The van der Waals surface area contributed by atoms with Crippen LogP contribution in [-0.4, -0.2) is 14.7 Å². The minimum Gasteiger partial charge on any atom is -0.822 e. The summed E-state index contributed by atoms with van der Waals surface area (Å²) in [6.07, 6.45) is 0. The quantitative estimate of drug-likeness (QED) is 0.283. The zero-order chi connectivity index (χ0) is 9.00. The molecule has 0 atom stereocenters. The normalized spacial score (nSPS) is 9.83. The van der Waals surface area contributed by atoms with Crippen LogP contribution >= 0.6 is 15.6 Å². The molecule has 0 amide bonds. The Bertz CT molecular complexity index is 129. The largest absolute Gasteiger partial charge is 2.00 e. The molecule has 12 heteroatoms. The molecule has 0 aromatic rings. The molecule has 0 saturated heterocycles. The Hall–Kier alpha value is 1.34. The summed E-state index contributed by atoms with van der Waals surface area (Å²) < 4.78 is 17.4. The Morgan fingerprint density at radius 2 is 0.917 bits per heavy atom. The summed E-state index contributed by atoms with van der Waals surface area (Å²) in [5.41, 5.74) is 0. The van der Waals surface area contributed by atoms with Gasteiger partial charge in [-0.2, -0.15) is 7.82 Å². The van der Waals surface area contributed by atoms with Gasteiger partial charge in [-0.1, -0.05) is 0 Å². The van der Waals surface area contributed by atoms with Gasteiger partial charge < -0.3 is 33.9 Å². The maximum Gasteiger partial charge on any atom is 2.00 e. The summed E-state index contributed by atoms with van der Waals surface area (Å²) in [5, 5.41) is 0. The molecule has 0 aliphatic carbocycles. The second kappa shape index (κ2) is 8.91. The summed E-state index contributed by atoms with van der Waals surface area (Å²) in [7, 11) is -10.0. The molecule has 0 aromatic heterocycles. The molecule has 0 saturated carbocycles. The van der Waals surface area contributed by atoms with Crippen molar-refractivity contribution in [2.75, 3.05) is 0 Å². The summed E-state index contributed by atoms with van der Waals surface area (Å²) in [5.74, 6) is 0. The predicted molar refractivity (Wildman–Crippen MR) is 21.9 cm³/mol. The van der Waals surface area contributed by atoms with Crippen molar-refractivity contribution in [3.05, 3.63) is 0 Å². The molecule has 0 fully saturated rings. The van der Waals surface area contributed by atoms with Gasteiger partial charge in [-0.05, 0) is 0 Å². The van der Waals surface area contributed by atoms with E-state index in [0.717, 1.165) is 0 Å². The Morgan fingerprint density at radius 1 is 0.917 bits per heavy atom. The van der Waals surface area contributed by atoms with Crippen LogP contribution in [0.2, 0.25) is 0 Å². The van der Waals surface area contributed by atoms with Crippen LogP contribution in [0.25, 0.3) is 0 Å². The predicted octanol–water partition coefficient (Wildman–Crippen LogP) is -6.75. The molecule has 12 heavy (non-hydrogen) atoms. The van der Waals surface area contributed by atoms with Gasteiger partial charge in [0.1, 0.15) is 0 Å². The number of hydrogen-bond donors (Lipinski definition) is 3. The average molecular weight is 255 g/mol. The van der Waals surface area contributed by atoms with Crippen LogP contribution in [-0.2, 0) is 26.2 Å². The average Bonchev–Trinajstić information content (AvgIpc) is 1.12. The van der Waals surface area contributed by atoms with E-state index in [1.165, 1.54) is 0 Å². The fraction of sp³-hybridized carbons (Fsp3) is 0. The molecule has 0 heterocycles. The van der Waals surface area contributed by atoms with Gasteiger partial charge in [0.15, 0.2) is 0 Å². The van der Waals surface area contributed by atoms with Crippen molar-refractivity contribution in [1.82, 2.24) is 0 Å². The third kappa shape index (κ3) is 678. The molecule has 0 rings (SSSR count). The van der Waals surface area contributed by atoms with Gasteiger partial charge in [0.25, 0.3) is 0 Å². The van der Waals surface area contributed by atoms with Gasteiger partial charge in [0.05, 0.1) is 0 Å². The van der Waals surface area contributed by atoms with Crippen molar-refractivity contribution in [1.29, 1.82) is 0 Å². The van der Waals surface area contributed by atoms with Crippen LogP contribution < -0.4 is 33.5 Å². The van der Waals surface area contributed by atoms with Crippen LogP contribution in [0.5, 0.6) is 0 Å². The van der Waals surface area contributed by atoms with Gasteiger partial charge in [-0.15, -0.1) is 0 Å². The first-order valence-electron chi connectivity index (χ1n) is 1.51.